The zero-order valence-corrected chi connectivity index (χ0v) is 14.5. The minimum atomic E-state index is -0.980. The normalized spacial score (nSPS) is 11.0. The van der Waals surface area contributed by atoms with Crippen LogP contribution in [-0.4, -0.2) is 54.2 Å². The van der Waals surface area contributed by atoms with E-state index in [1.807, 2.05) is 12.1 Å². The average Bonchev–Trinajstić information content (AvgIpc) is 2.60. The number of rotatable bonds is 9. The number of pyridine rings is 1. The lowest BCUT2D eigenvalue weighted by Gasteiger charge is -2.18. The number of aromatic carboxylic acids is 1. The summed E-state index contributed by atoms with van der Waals surface area (Å²) in [6, 6.07) is 7.07. The fourth-order valence-corrected chi connectivity index (χ4v) is 2.62. The number of hydrogen-bond acceptors (Lipinski definition) is 5. The number of fused-ring (bicyclic) bond motifs is 1. The Labute approximate surface area is 142 Å². The summed E-state index contributed by atoms with van der Waals surface area (Å²) in [5, 5.41) is 13.4. The SMILES string of the molecule is CCN(CC)CCCNc1nc2cc(OC)ccc2cc1C(=O)O. The van der Waals surface area contributed by atoms with Crippen molar-refractivity contribution in [3.8, 4) is 5.75 Å². The second-order valence-electron chi connectivity index (χ2n) is 5.56. The van der Waals surface area contributed by atoms with Crippen LogP contribution in [0.25, 0.3) is 10.9 Å². The Balaban J connectivity index is 2.17. The molecule has 0 radical (unpaired) electrons. The monoisotopic (exact) mass is 331 g/mol. The highest BCUT2D eigenvalue weighted by Gasteiger charge is 2.13. The molecule has 6 nitrogen and oxygen atoms in total. The second kappa shape index (κ2) is 8.49. The minimum absolute atomic E-state index is 0.190. The molecule has 0 unspecified atom stereocenters. The van der Waals surface area contributed by atoms with E-state index in [4.69, 9.17) is 4.74 Å². The van der Waals surface area contributed by atoms with E-state index in [-0.39, 0.29) is 5.56 Å². The summed E-state index contributed by atoms with van der Waals surface area (Å²) < 4.78 is 5.21. The van der Waals surface area contributed by atoms with Crippen molar-refractivity contribution >= 4 is 22.7 Å². The molecule has 0 amide bonds. The van der Waals surface area contributed by atoms with Crippen LogP contribution in [0.4, 0.5) is 5.82 Å². The van der Waals surface area contributed by atoms with Crippen molar-refractivity contribution < 1.29 is 14.6 Å². The Morgan fingerprint density at radius 2 is 2.04 bits per heavy atom. The maximum absolute atomic E-state index is 11.5. The van der Waals surface area contributed by atoms with E-state index in [1.165, 1.54) is 0 Å². The van der Waals surface area contributed by atoms with Gasteiger partial charge in [-0.3, -0.25) is 0 Å². The van der Waals surface area contributed by atoms with Gasteiger partial charge in [-0.25, -0.2) is 9.78 Å². The van der Waals surface area contributed by atoms with E-state index in [0.717, 1.165) is 31.4 Å². The molecule has 2 rings (SSSR count). The molecule has 24 heavy (non-hydrogen) atoms. The molecule has 0 fully saturated rings. The lowest BCUT2D eigenvalue weighted by atomic mass is 10.1. The number of nitrogens with one attached hydrogen (secondary N) is 1. The van der Waals surface area contributed by atoms with E-state index in [0.29, 0.717) is 23.6 Å². The Bertz CT molecular complexity index is 699. The number of hydrogen-bond donors (Lipinski definition) is 2. The molecule has 0 saturated carbocycles. The van der Waals surface area contributed by atoms with Gasteiger partial charge in [0.05, 0.1) is 12.6 Å². The number of benzene rings is 1. The summed E-state index contributed by atoms with van der Waals surface area (Å²) >= 11 is 0. The smallest absolute Gasteiger partial charge is 0.339 e. The molecule has 0 aliphatic carbocycles. The van der Waals surface area contributed by atoms with E-state index in [9.17, 15) is 9.90 Å². The first kappa shape index (κ1) is 18.0. The zero-order valence-electron chi connectivity index (χ0n) is 14.5. The largest absolute Gasteiger partial charge is 0.497 e. The predicted molar refractivity (Wildman–Crippen MR) is 96.1 cm³/mol. The van der Waals surface area contributed by atoms with Crippen molar-refractivity contribution in [3.63, 3.8) is 0 Å². The quantitative estimate of drug-likeness (QED) is 0.688. The Hall–Kier alpha value is -2.34. The van der Waals surface area contributed by atoms with Gasteiger partial charge in [0, 0.05) is 18.0 Å². The molecule has 2 aromatic rings. The van der Waals surface area contributed by atoms with Gasteiger partial charge in [0.15, 0.2) is 0 Å². The van der Waals surface area contributed by atoms with Crippen molar-refractivity contribution in [3.05, 3.63) is 29.8 Å². The second-order valence-corrected chi connectivity index (χ2v) is 5.56. The van der Waals surface area contributed by atoms with Gasteiger partial charge in [0.1, 0.15) is 17.1 Å². The Morgan fingerprint density at radius 1 is 1.29 bits per heavy atom. The highest BCUT2D eigenvalue weighted by molar-refractivity contribution is 5.98. The summed E-state index contributed by atoms with van der Waals surface area (Å²) in [4.78, 5) is 18.3. The molecule has 130 valence electrons. The van der Waals surface area contributed by atoms with Crippen LogP contribution in [-0.2, 0) is 0 Å². The summed E-state index contributed by atoms with van der Waals surface area (Å²) in [5.41, 5.74) is 0.904. The summed E-state index contributed by atoms with van der Waals surface area (Å²) in [6.45, 7) is 7.97. The van der Waals surface area contributed by atoms with Crippen LogP contribution >= 0.6 is 0 Å². The van der Waals surface area contributed by atoms with Gasteiger partial charge >= 0.3 is 5.97 Å². The molecule has 6 heteroatoms. The highest BCUT2D eigenvalue weighted by atomic mass is 16.5. The molecular weight excluding hydrogens is 306 g/mol. The molecule has 0 atom stereocenters. The first-order valence-corrected chi connectivity index (χ1v) is 8.27. The molecule has 2 N–H and O–H groups in total. The number of nitrogens with zero attached hydrogens (tertiary/aromatic N) is 2. The standard InChI is InChI=1S/C18H25N3O3/c1-4-21(5-2)10-6-9-19-17-15(18(22)23)11-13-7-8-14(24-3)12-16(13)20-17/h7-8,11-12H,4-6,9-10H2,1-3H3,(H,19,20)(H,22,23). The van der Waals surface area contributed by atoms with Crippen LogP contribution in [0.3, 0.4) is 0 Å². The number of carbonyl (C=O) groups is 1. The van der Waals surface area contributed by atoms with Crippen LogP contribution in [0.15, 0.2) is 24.3 Å². The molecule has 1 heterocycles. The maximum Gasteiger partial charge on any atom is 0.339 e. The van der Waals surface area contributed by atoms with Crippen molar-refractivity contribution in [2.45, 2.75) is 20.3 Å². The van der Waals surface area contributed by atoms with E-state index < -0.39 is 5.97 Å². The lowest BCUT2D eigenvalue weighted by molar-refractivity contribution is 0.0697. The van der Waals surface area contributed by atoms with E-state index >= 15 is 0 Å². The summed E-state index contributed by atoms with van der Waals surface area (Å²) in [6.07, 6.45) is 0.929. The number of aromatic nitrogens is 1. The summed E-state index contributed by atoms with van der Waals surface area (Å²) in [5.74, 6) is 0.125. The van der Waals surface area contributed by atoms with Gasteiger partial charge in [0.2, 0.25) is 0 Å². The molecule has 0 spiro atoms. The number of carboxylic acids is 1. The average molecular weight is 331 g/mol. The predicted octanol–water partition coefficient (Wildman–Crippen LogP) is 3.09. The van der Waals surface area contributed by atoms with Crippen molar-refractivity contribution in [2.75, 3.05) is 38.6 Å². The van der Waals surface area contributed by atoms with Crippen LogP contribution in [0, 0.1) is 0 Å². The third-order valence-electron chi connectivity index (χ3n) is 4.09. The van der Waals surface area contributed by atoms with Gasteiger partial charge in [0.25, 0.3) is 0 Å². The number of ether oxygens (including phenoxy) is 1. The van der Waals surface area contributed by atoms with E-state index in [2.05, 4.69) is 29.0 Å². The third-order valence-corrected chi connectivity index (χ3v) is 4.09. The minimum Gasteiger partial charge on any atom is -0.497 e. The van der Waals surface area contributed by atoms with Crippen molar-refractivity contribution in [2.24, 2.45) is 0 Å². The highest BCUT2D eigenvalue weighted by Crippen LogP contribution is 2.24. The third kappa shape index (κ3) is 4.35. The molecule has 0 aliphatic heterocycles. The van der Waals surface area contributed by atoms with Crippen LogP contribution in [0.1, 0.15) is 30.6 Å². The first-order valence-electron chi connectivity index (χ1n) is 8.27. The molecule has 0 saturated heterocycles. The fraction of sp³-hybridized carbons (Fsp3) is 0.444. The van der Waals surface area contributed by atoms with Gasteiger partial charge in [-0.15, -0.1) is 0 Å². The zero-order chi connectivity index (χ0) is 17.5. The number of anilines is 1. The fourth-order valence-electron chi connectivity index (χ4n) is 2.62. The summed E-state index contributed by atoms with van der Waals surface area (Å²) in [7, 11) is 1.60. The van der Waals surface area contributed by atoms with Gasteiger partial charge in [-0.2, -0.15) is 0 Å². The topological polar surface area (TPSA) is 74.7 Å². The molecular formula is C18H25N3O3. The molecule has 0 aliphatic rings. The maximum atomic E-state index is 11.5. The Morgan fingerprint density at radius 3 is 2.67 bits per heavy atom. The molecule has 0 bridgehead atoms. The number of methoxy groups -OCH3 is 1. The first-order chi connectivity index (χ1) is 11.6. The van der Waals surface area contributed by atoms with Crippen molar-refractivity contribution in [1.82, 2.24) is 9.88 Å². The molecule has 1 aromatic carbocycles. The van der Waals surface area contributed by atoms with Gasteiger partial charge in [-0.1, -0.05) is 13.8 Å². The van der Waals surface area contributed by atoms with Crippen LogP contribution in [0.2, 0.25) is 0 Å². The lowest BCUT2D eigenvalue weighted by Crippen LogP contribution is -2.25. The van der Waals surface area contributed by atoms with E-state index in [1.54, 1.807) is 19.2 Å². The number of carboxylic acid groups (broad SMARTS) is 1. The van der Waals surface area contributed by atoms with Crippen LogP contribution < -0.4 is 10.1 Å². The van der Waals surface area contributed by atoms with Gasteiger partial charge in [-0.05, 0) is 44.3 Å². The van der Waals surface area contributed by atoms with Gasteiger partial charge < -0.3 is 20.1 Å². The van der Waals surface area contributed by atoms with Crippen LogP contribution in [0.5, 0.6) is 5.75 Å². The Kier molecular flexibility index (Phi) is 6.37. The molecule has 1 aromatic heterocycles. The van der Waals surface area contributed by atoms with Crippen molar-refractivity contribution in [1.29, 1.82) is 0 Å².